The van der Waals surface area contributed by atoms with Crippen LogP contribution in [0.2, 0.25) is 0 Å². The van der Waals surface area contributed by atoms with Gasteiger partial charge in [0.15, 0.2) is 5.65 Å². The third-order valence-electron chi connectivity index (χ3n) is 3.80. The zero-order chi connectivity index (χ0) is 21.9. The molecule has 2 aromatic heterocycles. The molecule has 30 heavy (non-hydrogen) atoms. The summed E-state index contributed by atoms with van der Waals surface area (Å²) < 4.78 is 7.13. The van der Waals surface area contributed by atoms with Crippen molar-refractivity contribution in [2.75, 3.05) is 11.9 Å². The van der Waals surface area contributed by atoms with E-state index in [4.69, 9.17) is 4.74 Å². The molecule has 0 spiro atoms. The fourth-order valence-corrected chi connectivity index (χ4v) is 3.49. The number of hydrogen-bond donors (Lipinski definition) is 1. The van der Waals surface area contributed by atoms with Crippen molar-refractivity contribution >= 4 is 35.0 Å². The molecule has 0 saturated heterocycles. The molecule has 158 valence electrons. The van der Waals surface area contributed by atoms with E-state index in [0.29, 0.717) is 21.9 Å². The Bertz CT molecular complexity index is 1130. The average molecular weight is 430 g/mol. The maximum atomic E-state index is 12.6. The van der Waals surface area contributed by atoms with Gasteiger partial charge in [-0.1, -0.05) is 32.5 Å². The molecule has 0 fully saturated rings. The topological polar surface area (TPSA) is 108 Å². The summed E-state index contributed by atoms with van der Waals surface area (Å²) in [6.45, 7) is 7.92. The predicted octanol–water partition coefficient (Wildman–Crippen LogP) is 2.60. The molecule has 1 N–H and O–H groups in total. The molecule has 1 aromatic carbocycles. The molecule has 10 heteroatoms. The van der Waals surface area contributed by atoms with Gasteiger partial charge in [0.25, 0.3) is 0 Å². The monoisotopic (exact) mass is 429 g/mol. The first-order valence-electron chi connectivity index (χ1n) is 9.39. The van der Waals surface area contributed by atoms with E-state index in [1.165, 1.54) is 16.3 Å². The Morgan fingerprint density at radius 3 is 2.43 bits per heavy atom. The van der Waals surface area contributed by atoms with Crippen LogP contribution in [0.4, 0.5) is 5.69 Å². The standard InChI is InChI=1S/C20H23N5O4S/c1-5-29-18(27)13-6-8-14(9-7-13)21-16(26)12-24-19(28)25-15(22-24)10-11-17(23-25)30-20(2,3)4/h6-11H,5,12H2,1-4H3,(H,21,26). The first kappa shape index (κ1) is 21.6. The predicted molar refractivity (Wildman–Crippen MR) is 114 cm³/mol. The third kappa shape index (κ3) is 5.26. The summed E-state index contributed by atoms with van der Waals surface area (Å²) in [5.41, 5.74) is 0.757. The molecule has 3 aromatic rings. The number of esters is 1. The van der Waals surface area contributed by atoms with E-state index < -0.39 is 17.6 Å². The molecule has 0 atom stereocenters. The highest BCUT2D eigenvalue weighted by atomic mass is 32.2. The van der Waals surface area contributed by atoms with Gasteiger partial charge >= 0.3 is 11.7 Å². The summed E-state index contributed by atoms with van der Waals surface area (Å²) in [5, 5.41) is 11.9. The van der Waals surface area contributed by atoms with Gasteiger partial charge < -0.3 is 10.1 Å². The number of aromatic nitrogens is 4. The number of nitrogens with one attached hydrogen (secondary N) is 1. The van der Waals surface area contributed by atoms with Crippen molar-refractivity contribution in [1.29, 1.82) is 0 Å². The zero-order valence-electron chi connectivity index (χ0n) is 17.2. The number of hydrogen-bond acceptors (Lipinski definition) is 7. The number of fused-ring (bicyclic) bond motifs is 1. The second-order valence-electron chi connectivity index (χ2n) is 7.44. The fourth-order valence-electron chi connectivity index (χ4n) is 2.60. The van der Waals surface area contributed by atoms with Crippen LogP contribution >= 0.6 is 11.8 Å². The minimum Gasteiger partial charge on any atom is -0.462 e. The first-order valence-corrected chi connectivity index (χ1v) is 10.2. The number of carbonyl (C=O) groups excluding carboxylic acids is 2. The highest BCUT2D eigenvalue weighted by molar-refractivity contribution is 8.00. The highest BCUT2D eigenvalue weighted by Gasteiger charge is 2.16. The first-order chi connectivity index (χ1) is 14.2. The van der Waals surface area contributed by atoms with Crippen LogP contribution in [-0.2, 0) is 16.1 Å². The van der Waals surface area contributed by atoms with Gasteiger partial charge in [0, 0.05) is 10.4 Å². The van der Waals surface area contributed by atoms with Crippen LogP contribution in [0.3, 0.4) is 0 Å². The third-order valence-corrected chi connectivity index (χ3v) is 4.84. The summed E-state index contributed by atoms with van der Waals surface area (Å²) in [6, 6.07) is 9.80. The van der Waals surface area contributed by atoms with Crippen LogP contribution in [0.5, 0.6) is 0 Å². The van der Waals surface area contributed by atoms with Gasteiger partial charge in [-0.05, 0) is 43.3 Å². The summed E-state index contributed by atoms with van der Waals surface area (Å²) in [5.74, 6) is -0.850. The van der Waals surface area contributed by atoms with Gasteiger partial charge in [-0.2, -0.15) is 9.61 Å². The molecule has 0 unspecified atom stereocenters. The van der Waals surface area contributed by atoms with E-state index in [2.05, 4.69) is 36.3 Å². The lowest BCUT2D eigenvalue weighted by molar-refractivity contribution is -0.117. The van der Waals surface area contributed by atoms with Gasteiger partial charge in [-0.15, -0.1) is 5.10 Å². The fraction of sp³-hybridized carbons (Fsp3) is 0.350. The van der Waals surface area contributed by atoms with Gasteiger partial charge in [-0.25, -0.2) is 14.3 Å². The number of ether oxygens (including phenoxy) is 1. The minimum atomic E-state index is -0.492. The Labute approximate surface area is 177 Å². The zero-order valence-corrected chi connectivity index (χ0v) is 18.0. The van der Waals surface area contributed by atoms with Crippen LogP contribution in [0, 0.1) is 0 Å². The molecule has 9 nitrogen and oxygen atoms in total. The van der Waals surface area contributed by atoms with Crippen LogP contribution < -0.4 is 11.0 Å². The quantitative estimate of drug-likeness (QED) is 0.474. The lowest BCUT2D eigenvalue weighted by Crippen LogP contribution is -2.29. The Balaban J connectivity index is 1.71. The van der Waals surface area contributed by atoms with Crippen molar-refractivity contribution in [3.05, 3.63) is 52.4 Å². The molecule has 1 amide bonds. The molecule has 0 radical (unpaired) electrons. The van der Waals surface area contributed by atoms with Crippen molar-refractivity contribution in [2.45, 2.75) is 44.0 Å². The van der Waals surface area contributed by atoms with Crippen molar-refractivity contribution in [3.8, 4) is 0 Å². The molecule has 3 rings (SSSR count). The number of thioether (sulfide) groups is 1. The Kier molecular flexibility index (Phi) is 6.25. The second-order valence-corrected chi connectivity index (χ2v) is 9.29. The molecular formula is C20H23N5O4S. The van der Waals surface area contributed by atoms with E-state index in [-0.39, 0.29) is 17.9 Å². The van der Waals surface area contributed by atoms with Crippen molar-refractivity contribution in [1.82, 2.24) is 19.4 Å². The number of benzene rings is 1. The van der Waals surface area contributed by atoms with Gasteiger partial charge in [-0.3, -0.25) is 4.79 Å². The molecule has 2 heterocycles. The molecule has 0 saturated carbocycles. The number of anilines is 1. The SMILES string of the molecule is CCOC(=O)c1ccc(NC(=O)Cn2nc3ccc(SC(C)(C)C)nn3c2=O)cc1. The van der Waals surface area contributed by atoms with E-state index in [1.54, 1.807) is 43.3 Å². The molecule has 0 bridgehead atoms. The van der Waals surface area contributed by atoms with E-state index in [1.807, 2.05) is 0 Å². The highest BCUT2D eigenvalue weighted by Crippen LogP contribution is 2.29. The van der Waals surface area contributed by atoms with E-state index in [9.17, 15) is 14.4 Å². The van der Waals surface area contributed by atoms with Crippen LogP contribution in [-0.4, -0.2) is 42.6 Å². The maximum Gasteiger partial charge on any atom is 0.367 e. The smallest absolute Gasteiger partial charge is 0.367 e. The molecular weight excluding hydrogens is 406 g/mol. The molecule has 0 aliphatic rings. The van der Waals surface area contributed by atoms with Crippen LogP contribution in [0.1, 0.15) is 38.1 Å². The van der Waals surface area contributed by atoms with E-state index >= 15 is 0 Å². The van der Waals surface area contributed by atoms with Gasteiger partial charge in [0.1, 0.15) is 11.6 Å². The molecule has 0 aliphatic carbocycles. The number of carbonyl (C=O) groups is 2. The number of amides is 1. The largest absolute Gasteiger partial charge is 0.462 e. The molecule has 0 aliphatic heterocycles. The van der Waals surface area contributed by atoms with Crippen molar-refractivity contribution < 1.29 is 14.3 Å². The Morgan fingerprint density at radius 2 is 1.80 bits per heavy atom. The van der Waals surface area contributed by atoms with Gasteiger partial charge in [0.05, 0.1) is 12.2 Å². The summed E-state index contributed by atoms with van der Waals surface area (Å²) in [4.78, 5) is 36.6. The van der Waals surface area contributed by atoms with Crippen molar-refractivity contribution in [2.24, 2.45) is 0 Å². The maximum absolute atomic E-state index is 12.6. The normalized spacial score (nSPS) is 11.5. The second kappa shape index (κ2) is 8.70. The van der Waals surface area contributed by atoms with Gasteiger partial charge in [0.2, 0.25) is 5.91 Å². The summed E-state index contributed by atoms with van der Waals surface area (Å²) >= 11 is 1.54. The lowest BCUT2D eigenvalue weighted by Gasteiger charge is -2.16. The Morgan fingerprint density at radius 1 is 1.10 bits per heavy atom. The van der Waals surface area contributed by atoms with E-state index in [0.717, 1.165) is 4.68 Å². The summed E-state index contributed by atoms with van der Waals surface area (Å²) in [7, 11) is 0. The average Bonchev–Trinajstić information content (AvgIpc) is 2.96. The van der Waals surface area contributed by atoms with Crippen LogP contribution in [0.25, 0.3) is 5.65 Å². The number of nitrogens with zero attached hydrogens (tertiary/aromatic N) is 4. The Hall–Kier alpha value is -3.14. The summed E-state index contributed by atoms with van der Waals surface area (Å²) in [6.07, 6.45) is 0. The van der Waals surface area contributed by atoms with Crippen molar-refractivity contribution in [3.63, 3.8) is 0 Å². The number of rotatable bonds is 6. The minimum absolute atomic E-state index is 0.0526. The van der Waals surface area contributed by atoms with Crippen LogP contribution in [0.15, 0.2) is 46.2 Å². The lowest BCUT2D eigenvalue weighted by atomic mass is 10.2.